The van der Waals surface area contributed by atoms with E-state index in [1.807, 2.05) is 0 Å². The van der Waals surface area contributed by atoms with Crippen LogP contribution < -0.4 is 4.74 Å². The van der Waals surface area contributed by atoms with Gasteiger partial charge in [-0.3, -0.25) is 4.39 Å². The first kappa shape index (κ1) is 15.1. The SMILES string of the molecule is CC(CF)(CC(O)C(F)F)c1cc(F)cc2c1OCC2. The van der Waals surface area contributed by atoms with Crippen LogP contribution in [-0.4, -0.2) is 30.9 Å². The topological polar surface area (TPSA) is 29.5 Å². The molecule has 2 rings (SSSR count). The molecule has 0 spiro atoms. The van der Waals surface area contributed by atoms with Crippen molar-refractivity contribution in [2.24, 2.45) is 0 Å². The Bertz CT molecular complexity index is 492. The number of fused-ring (bicyclic) bond motifs is 1. The number of aliphatic hydroxyl groups excluding tert-OH is 1. The smallest absolute Gasteiger partial charge is 0.264 e. The molecule has 0 aliphatic carbocycles. The van der Waals surface area contributed by atoms with Gasteiger partial charge in [-0.05, 0) is 18.6 Å². The molecule has 112 valence electrons. The van der Waals surface area contributed by atoms with Crippen LogP contribution in [-0.2, 0) is 11.8 Å². The molecule has 1 aromatic rings. The number of rotatable bonds is 5. The predicted molar refractivity (Wildman–Crippen MR) is 65.6 cm³/mol. The van der Waals surface area contributed by atoms with Gasteiger partial charge in [0, 0.05) is 23.0 Å². The average Bonchev–Trinajstić information content (AvgIpc) is 2.85. The minimum absolute atomic E-state index is 0.201. The number of aliphatic hydroxyl groups is 1. The molecule has 0 saturated heterocycles. The van der Waals surface area contributed by atoms with Crippen molar-refractivity contribution in [1.29, 1.82) is 0 Å². The molecule has 1 aliphatic heterocycles. The van der Waals surface area contributed by atoms with E-state index in [4.69, 9.17) is 4.74 Å². The molecule has 1 aromatic carbocycles. The molecule has 0 fully saturated rings. The van der Waals surface area contributed by atoms with Crippen LogP contribution in [0.4, 0.5) is 17.6 Å². The van der Waals surface area contributed by atoms with Gasteiger partial charge >= 0.3 is 0 Å². The summed E-state index contributed by atoms with van der Waals surface area (Å²) in [7, 11) is 0. The summed E-state index contributed by atoms with van der Waals surface area (Å²) in [5.74, 6) is -0.205. The van der Waals surface area contributed by atoms with Gasteiger partial charge in [0.05, 0.1) is 13.3 Å². The summed E-state index contributed by atoms with van der Waals surface area (Å²) in [5.41, 5.74) is -0.606. The molecular formula is C14H16F4O2. The Balaban J connectivity index is 2.41. The molecule has 6 heteroatoms. The molecule has 1 aliphatic rings. The molecule has 0 aromatic heterocycles. The zero-order chi connectivity index (χ0) is 14.9. The van der Waals surface area contributed by atoms with E-state index in [1.165, 1.54) is 13.0 Å². The molecular weight excluding hydrogens is 276 g/mol. The van der Waals surface area contributed by atoms with Gasteiger partial charge in [0.1, 0.15) is 17.7 Å². The first-order chi connectivity index (χ1) is 9.37. The molecule has 0 bridgehead atoms. The third-order valence-corrected chi connectivity index (χ3v) is 3.64. The lowest BCUT2D eigenvalue weighted by Gasteiger charge is -2.30. The van der Waals surface area contributed by atoms with E-state index in [0.717, 1.165) is 6.07 Å². The van der Waals surface area contributed by atoms with Crippen molar-refractivity contribution in [3.05, 3.63) is 29.1 Å². The average molecular weight is 292 g/mol. The molecule has 0 saturated carbocycles. The lowest BCUT2D eigenvalue weighted by molar-refractivity contribution is -0.0226. The largest absolute Gasteiger partial charge is 0.493 e. The Hall–Kier alpha value is -1.30. The second kappa shape index (κ2) is 5.60. The maximum Gasteiger partial charge on any atom is 0.264 e. The highest BCUT2D eigenvalue weighted by atomic mass is 19.3. The van der Waals surface area contributed by atoms with E-state index < -0.39 is 36.9 Å². The van der Waals surface area contributed by atoms with Crippen LogP contribution in [0.3, 0.4) is 0 Å². The van der Waals surface area contributed by atoms with E-state index >= 15 is 0 Å². The summed E-state index contributed by atoms with van der Waals surface area (Å²) >= 11 is 0. The first-order valence-electron chi connectivity index (χ1n) is 6.35. The zero-order valence-electron chi connectivity index (χ0n) is 11.0. The van der Waals surface area contributed by atoms with E-state index in [2.05, 4.69) is 0 Å². The molecule has 2 unspecified atom stereocenters. The standard InChI is InChI=1S/C14H16F4O2/c1-14(7-15,6-11(19)13(17)18)10-5-9(16)4-8-2-3-20-12(8)10/h4-5,11,13,19H,2-3,6-7H2,1H3. The summed E-state index contributed by atoms with van der Waals surface area (Å²) in [5, 5.41) is 9.32. The van der Waals surface area contributed by atoms with Gasteiger partial charge in [0.2, 0.25) is 0 Å². The van der Waals surface area contributed by atoms with Gasteiger partial charge in [-0.15, -0.1) is 0 Å². The number of hydrogen-bond acceptors (Lipinski definition) is 2. The Kier molecular flexibility index (Phi) is 4.22. The van der Waals surface area contributed by atoms with Gasteiger partial charge in [-0.25, -0.2) is 13.2 Å². The van der Waals surface area contributed by atoms with Crippen LogP contribution in [0.1, 0.15) is 24.5 Å². The van der Waals surface area contributed by atoms with Crippen molar-refractivity contribution in [3.63, 3.8) is 0 Å². The summed E-state index contributed by atoms with van der Waals surface area (Å²) < 4.78 is 57.4. The summed E-state index contributed by atoms with van der Waals surface area (Å²) in [6.07, 6.45) is -4.93. The van der Waals surface area contributed by atoms with Crippen LogP contribution in [0.5, 0.6) is 5.75 Å². The number of ether oxygens (including phenoxy) is 1. The first-order valence-corrected chi connectivity index (χ1v) is 6.35. The van der Waals surface area contributed by atoms with E-state index in [9.17, 15) is 22.7 Å². The van der Waals surface area contributed by atoms with Crippen LogP contribution in [0, 0.1) is 5.82 Å². The lowest BCUT2D eigenvalue weighted by atomic mass is 9.77. The van der Waals surface area contributed by atoms with Crippen molar-refractivity contribution in [2.75, 3.05) is 13.3 Å². The summed E-state index contributed by atoms with van der Waals surface area (Å²) in [6, 6.07) is 2.40. The highest BCUT2D eigenvalue weighted by Crippen LogP contribution is 2.41. The highest BCUT2D eigenvalue weighted by Gasteiger charge is 2.37. The number of benzene rings is 1. The fraction of sp³-hybridized carbons (Fsp3) is 0.571. The van der Waals surface area contributed by atoms with Crippen molar-refractivity contribution in [3.8, 4) is 5.75 Å². The lowest BCUT2D eigenvalue weighted by Crippen LogP contribution is -2.34. The Morgan fingerprint density at radius 3 is 2.70 bits per heavy atom. The van der Waals surface area contributed by atoms with Crippen molar-refractivity contribution in [2.45, 2.75) is 37.7 Å². The quantitative estimate of drug-likeness (QED) is 0.845. The molecule has 20 heavy (non-hydrogen) atoms. The van der Waals surface area contributed by atoms with E-state index in [1.54, 1.807) is 0 Å². The van der Waals surface area contributed by atoms with E-state index in [-0.39, 0.29) is 5.56 Å². The van der Waals surface area contributed by atoms with Gasteiger partial charge in [-0.2, -0.15) is 0 Å². The van der Waals surface area contributed by atoms with Crippen LogP contribution >= 0.6 is 0 Å². The van der Waals surface area contributed by atoms with Crippen LogP contribution in [0.15, 0.2) is 12.1 Å². The second-order valence-corrected chi connectivity index (χ2v) is 5.34. The van der Waals surface area contributed by atoms with Crippen molar-refractivity contribution >= 4 is 0 Å². The fourth-order valence-electron chi connectivity index (χ4n) is 2.50. The summed E-state index contributed by atoms with van der Waals surface area (Å²) in [4.78, 5) is 0. The van der Waals surface area contributed by atoms with Crippen molar-refractivity contribution in [1.82, 2.24) is 0 Å². The van der Waals surface area contributed by atoms with Gasteiger partial charge in [0.25, 0.3) is 6.43 Å². The normalized spacial score (nSPS) is 18.6. The van der Waals surface area contributed by atoms with E-state index in [0.29, 0.717) is 24.3 Å². The number of hydrogen-bond donors (Lipinski definition) is 1. The summed E-state index contributed by atoms with van der Waals surface area (Å²) in [6.45, 7) is 0.747. The minimum atomic E-state index is -2.97. The van der Waals surface area contributed by atoms with Crippen LogP contribution in [0.25, 0.3) is 0 Å². The number of halogens is 4. The predicted octanol–water partition coefficient (Wildman–Crippen LogP) is 3.00. The zero-order valence-corrected chi connectivity index (χ0v) is 11.0. The third-order valence-electron chi connectivity index (χ3n) is 3.64. The Labute approximate surface area is 114 Å². The molecule has 2 nitrogen and oxygen atoms in total. The van der Waals surface area contributed by atoms with Gasteiger partial charge in [0.15, 0.2) is 0 Å². The third kappa shape index (κ3) is 2.75. The van der Waals surface area contributed by atoms with Gasteiger partial charge < -0.3 is 9.84 Å². The Morgan fingerprint density at radius 1 is 1.40 bits per heavy atom. The van der Waals surface area contributed by atoms with Crippen LogP contribution in [0.2, 0.25) is 0 Å². The monoisotopic (exact) mass is 292 g/mol. The van der Waals surface area contributed by atoms with Gasteiger partial charge in [-0.1, -0.05) is 6.92 Å². The molecule has 2 atom stereocenters. The molecule has 0 radical (unpaired) electrons. The Morgan fingerprint density at radius 2 is 2.10 bits per heavy atom. The molecule has 1 N–H and O–H groups in total. The van der Waals surface area contributed by atoms with Crippen molar-refractivity contribution < 1.29 is 27.4 Å². The maximum absolute atomic E-state index is 13.6. The number of alkyl halides is 3. The highest BCUT2D eigenvalue weighted by molar-refractivity contribution is 5.48. The molecule has 1 heterocycles. The minimum Gasteiger partial charge on any atom is -0.493 e. The maximum atomic E-state index is 13.6. The molecule has 0 amide bonds. The second-order valence-electron chi connectivity index (χ2n) is 5.34. The fourth-order valence-corrected chi connectivity index (χ4v) is 2.50.